The van der Waals surface area contributed by atoms with Crippen molar-refractivity contribution in [2.45, 2.75) is 31.8 Å². The SMILES string of the molecule is C=CCNS(=O)(=O)c1ccc(C(=O)O[C@H](C)C(=O)c2cc(C)ccc2C)cc1. The van der Waals surface area contributed by atoms with E-state index in [1.165, 1.54) is 37.3 Å². The number of ketones is 1. The number of esters is 1. The summed E-state index contributed by atoms with van der Waals surface area (Å²) in [5.41, 5.74) is 2.41. The second-order valence-electron chi connectivity index (χ2n) is 6.40. The highest BCUT2D eigenvalue weighted by Crippen LogP contribution is 2.16. The number of nitrogens with one attached hydrogen (secondary N) is 1. The Morgan fingerprint density at radius 1 is 1.14 bits per heavy atom. The van der Waals surface area contributed by atoms with Gasteiger partial charge in [0.2, 0.25) is 15.8 Å². The number of hydrogen-bond donors (Lipinski definition) is 1. The Morgan fingerprint density at radius 2 is 1.79 bits per heavy atom. The minimum absolute atomic E-state index is 0.0189. The fourth-order valence-electron chi connectivity index (χ4n) is 2.52. The topological polar surface area (TPSA) is 89.5 Å². The lowest BCUT2D eigenvalue weighted by Gasteiger charge is -2.14. The molecule has 0 saturated heterocycles. The second-order valence-corrected chi connectivity index (χ2v) is 8.16. The van der Waals surface area contributed by atoms with Gasteiger partial charge >= 0.3 is 5.97 Å². The number of benzene rings is 2. The third kappa shape index (κ3) is 5.15. The maximum atomic E-state index is 12.6. The maximum absolute atomic E-state index is 12.6. The van der Waals surface area contributed by atoms with Gasteiger partial charge in [-0.1, -0.05) is 23.8 Å². The molecule has 0 fully saturated rings. The average molecular weight is 401 g/mol. The number of hydrogen-bond acceptors (Lipinski definition) is 5. The smallest absolute Gasteiger partial charge is 0.338 e. The molecule has 0 aliphatic heterocycles. The fraction of sp³-hybridized carbons (Fsp3) is 0.238. The highest BCUT2D eigenvalue weighted by molar-refractivity contribution is 7.89. The number of carbonyl (C=O) groups excluding carboxylic acids is 2. The molecule has 1 N–H and O–H groups in total. The van der Waals surface area contributed by atoms with Crippen LogP contribution < -0.4 is 4.72 Å². The number of Topliss-reactive ketones (excluding diaryl/α,β-unsaturated/α-hetero) is 1. The van der Waals surface area contributed by atoms with Crippen LogP contribution in [0.3, 0.4) is 0 Å². The summed E-state index contributed by atoms with van der Waals surface area (Å²) in [4.78, 5) is 24.9. The number of ether oxygens (including phenoxy) is 1. The molecular formula is C21H23NO5S. The van der Waals surface area contributed by atoms with Gasteiger partial charge < -0.3 is 4.74 Å². The number of carbonyl (C=O) groups is 2. The summed E-state index contributed by atoms with van der Waals surface area (Å²) in [6.45, 7) is 8.77. The van der Waals surface area contributed by atoms with Crippen molar-refractivity contribution in [3.63, 3.8) is 0 Å². The standard InChI is InChI=1S/C21H23NO5S/c1-5-12-22-28(25,26)18-10-8-17(9-11-18)21(24)27-16(4)20(23)19-13-14(2)6-7-15(19)3/h5-11,13,16,22H,1,12H2,2-4H3/t16-/m1/s1. The molecule has 0 radical (unpaired) electrons. The van der Waals surface area contributed by atoms with Gasteiger partial charge in [0, 0.05) is 12.1 Å². The summed E-state index contributed by atoms with van der Waals surface area (Å²) in [6, 6.07) is 10.8. The van der Waals surface area contributed by atoms with E-state index in [0.717, 1.165) is 11.1 Å². The van der Waals surface area contributed by atoms with Gasteiger partial charge in [0.25, 0.3) is 0 Å². The molecule has 1 atom stereocenters. The maximum Gasteiger partial charge on any atom is 0.338 e. The van der Waals surface area contributed by atoms with Crippen LogP contribution in [0.4, 0.5) is 0 Å². The van der Waals surface area contributed by atoms with Crippen molar-refractivity contribution in [3.05, 3.63) is 77.4 Å². The van der Waals surface area contributed by atoms with Gasteiger partial charge in [-0.15, -0.1) is 6.58 Å². The van der Waals surface area contributed by atoms with Gasteiger partial charge in [-0.2, -0.15) is 0 Å². The Labute approximate surface area is 165 Å². The predicted molar refractivity (Wildman–Crippen MR) is 107 cm³/mol. The van der Waals surface area contributed by atoms with E-state index in [9.17, 15) is 18.0 Å². The quantitative estimate of drug-likeness (QED) is 0.417. The Balaban J connectivity index is 2.11. The van der Waals surface area contributed by atoms with Gasteiger partial charge in [0.05, 0.1) is 10.5 Å². The summed E-state index contributed by atoms with van der Waals surface area (Å²) in [5, 5.41) is 0. The first kappa shape index (κ1) is 21.5. The van der Waals surface area contributed by atoms with Crippen LogP contribution in [0.5, 0.6) is 0 Å². The van der Waals surface area contributed by atoms with Crippen LogP contribution in [0.15, 0.2) is 60.0 Å². The number of aryl methyl sites for hydroxylation is 2. The number of sulfonamides is 1. The molecule has 148 valence electrons. The van der Waals surface area contributed by atoms with E-state index in [4.69, 9.17) is 4.74 Å². The first-order valence-electron chi connectivity index (χ1n) is 8.69. The zero-order valence-corrected chi connectivity index (χ0v) is 16.9. The fourth-order valence-corrected chi connectivity index (χ4v) is 3.52. The Hall–Kier alpha value is -2.77. The molecule has 2 aromatic carbocycles. The van der Waals surface area contributed by atoms with Crippen molar-refractivity contribution in [3.8, 4) is 0 Å². The largest absolute Gasteiger partial charge is 0.451 e. The molecule has 2 aromatic rings. The van der Waals surface area contributed by atoms with Gasteiger partial charge in [-0.3, -0.25) is 4.79 Å². The van der Waals surface area contributed by atoms with Gasteiger partial charge in [0.1, 0.15) is 0 Å². The molecule has 28 heavy (non-hydrogen) atoms. The normalized spacial score (nSPS) is 12.2. The zero-order valence-electron chi connectivity index (χ0n) is 16.1. The van der Waals surface area contributed by atoms with E-state index >= 15 is 0 Å². The van der Waals surface area contributed by atoms with Crippen molar-refractivity contribution < 1.29 is 22.7 Å². The lowest BCUT2D eigenvalue weighted by molar-refractivity contribution is 0.0318. The van der Waals surface area contributed by atoms with Crippen molar-refractivity contribution in [1.82, 2.24) is 4.72 Å². The summed E-state index contributed by atoms with van der Waals surface area (Å²) >= 11 is 0. The minimum Gasteiger partial charge on any atom is -0.451 e. The van der Waals surface area contributed by atoms with Crippen LogP contribution in [-0.4, -0.2) is 32.8 Å². The third-order valence-electron chi connectivity index (χ3n) is 4.13. The molecule has 0 bridgehead atoms. The Bertz CT molecular complexity index is 994. The molecular weight excluding hydrogens is 378 g/mol. The first-order chi connectivity index (χ1) is 13.2. The highest BCUT2D eigenvalue weighted by Gasteiger charge is 2.22. The van der Waals surface area contributed by atoms with Crippen LogP contribution >= 0.6 is 0 Å². The molecule has 0 aliphatic rings. The zero-order chi connectivity index (χ0) is 20.9. The van der Waals surface area contributed by atoms with Gasteiger partial charge in [-0.25, -0.2) is 17.9 Å². The van der Waals surface area contributed by atoms with E-state index in [0.29, 0.717) is 5.56 Å². The van der Waals surface area contributed by atoms with E-state index in [1.807, 2.05) is 26.0 Å². The minimum atomic E-state index is -3.67. The van der Waals surface area contributed by atoms with E-state index < -0.39 is 22.1 Å². The molecule has 7 heteroatoms. The molecule has 0 unspecified atom stereocenters. The molecule has 0 heterocycles. The van der Waals surface area contributed by atoms with Crippen molar-refractivity contribution >= 4 is 21.8 Å². The lowest BCUT2D eigenvalue weighted by Crippen LogP contribution is -2.25. The number of rotatable bonds is 8. The molecule has 0 aliphatic carbocycles. The Kier molecular flexibility index (Phi) is 6.88. The summed E-state index contributed by atoms with van der Waals surface area (Å²) in [5.74, 6) is -0.989. The van der Waals surface area contributed by atoms with E-state index in [2.05, 4.69) is 11.3 Å². The highest BCUT2D eigenvalue weighted by atomic mass is 32.2. The van der Waals surface area contributed by atoms with E-state index in [-0.39, 0.29) is 22.8 Å². The Morgan fingerprint density at radius 3 is 2.39 bits per heavy atom. The lowest BCUT2D eigenvalue weighted by atomic mass is 9.99. The molecule has 2 rings (SSSR count). The average Bonchev–Trinajstić information content (AvgIpc) is 2.67. The van der Waals surface area contributed by atoms with Crippen LogP contribution in [0.2, 0.25) is 0 Å². The van der Waals surface area contributed by atoms with Crippen molar-refractivity contribution in [2.24, 2.45) is 0 Å². The first-order valence-corrected chi connectivity index (χ1v) is 10.2. The van der Waals surface area contributed by atoms with Crippen molar-refractivity contribution in [1.29, 1.82) is 0 Å². The summed E-state index contributed by atoms with van der Waals surface area (Å²) in [7, 11) is -3.67. The predicted octanol–water partition coefficient (Wildman–Crippen LogP) is 3.20. The molecule has 0 amide bonds. The molecule has 0 saturated carbocycles. The van der Waals surface area contributed by atoms with E-state index in [1.54, 1.807) is 6.07 Å². The van der Waals surface area contributed by atoms with Crippen LogP contribution in [0, 0.1) is 13.8 Å². The summed E-state index contributed by atoms with van der Waals surface area (Å²) in [6.07, 6.45) is 0.461. The van der Waals surface area contributed by atoms with Gasteiger partial charge in [0.15, 0.2) is 6.10 Å². The molecule has 0 spiro atoms. The van der Waals surface area contributed by atoms with Crippen molar-refractivity contribution in [2.75, 3.05) is 6.54 Å². The third-order valence-corrected chi connectivity index (χ3v) is 5.57. The van der Waals surface area contributed by atoms with Gasteiger partial charge in [-0.05, 0) is 56.7 Å². The van der Waals surface area contributed by atoms with Crippen LogP contribution in [0.25, 0.3) is 0 Å². The summed E-state index contributed by atoms with van der Waals surface area (Å²) < 4.78 is 31.7. The molecule has 6 nitrogen and oxygen atoms in total. The molecule has 0 aromatic heterocycles. The van der Waals surface area contributed by atoms with Crippen LogP contribution in [-0.2, 0) is 14.8 Å². The van der Waals surface area contributed by atoms with Crippen LogP contribution in [0.1, 0.15) is 38.8 Å². The second kappa shape index (κ2) is 8.95. The monoisotopic (exact) mass is 401 g/mol.